The largest absolute Gasteiger partial charge is 0.497 e. The van der Waals surface area contributed by atoms with Gasteiger partial charge in [-0.2, -0.15) is 13.2 Å². The molecule has 0 aliphatic heterocycles. The zero-order chi connectivity index (χ0) is 17.7. The summed E-state index contributed by atoms with van der Waals surface area (Å²) in [4.78, 5) is 12.2. The number of alkyl halides is 3. The Labute approximate surface area is 137 Å². The normalized spacial score (nSPS) is 11.5. The fourth-order valence-electron chi connectivity index (χ4n) is 2.08. The molecule has 0 aliphatic rings. The van der Waals surface area contributed by atoms with Crippen LogP contribution in [0.3, 0.4) is 0 Å². The van der Waals surface area contributed by atoms with E-state index in [0.29, 0.717) is 17.1 Å². The minimum absolute atomic E-state index is 0.283. The van der Waals surface area contributed by atoms with E-state index in [0.717, 1.165) is 12.1 Å². The number of benzene rings is 2. The summed E-state index contributed by atoms with van der Waals surface area (Å²) >= 11 is 0. The lowest BCUT2D eigenvalue weighted by molar-refractivity contribution is -0.137. The SMILES string of the molecule is COc1ccc(C(=O)/C=C/c2cccc(C(F)(F)F)c2)c(OC)c1. The van der Waals surface area contributed by atoms with Gasteiger partial charge in [-0.05, 0) is 35.9 Å². The molecule has 3 nitrogen and oxygen atoms in total. The van der Waals surface area contributed by atoms with Crippen molar-refractivity contribution in [1.82, 2.24) is 0 Å². The van der Waals surface area contributed by atoms with Crippen LogP contribution in [0.15, 0.2) is 48.5 Å². The molecule has 0 fully saturated rings. The van der Waals surface area contributed by atoms with E-state index in [-0.39, 0.29) is 11.3 Å². The fourth-order valence-corrected chi connectivity index (χ4v) is 2.08. The smallest absolute Gasteiger partial charge is 0.416 e. The molecule has 0 spiro atoms. The standard InChI is InChI=1S/C18H15F3O3/c1-23-14-7-8-15(17(11-14)24-2)16(22)9-6-12-4-3-5-13(10-12)18(19,20)21/h3-11H,1-2H3/b9-6+. The van der Waals surface area contributed by atoms with E-state index in [9.17, 15) is 18.0 Å². The van der Waals surface area contributed by atoms with Crippen LogP contribution in [0.5, 0.6) is 11.5 Å². The predicted molar refractivity (Wildman–Crippen MR) is 84.4 cm³/mol. The van der Waals surface area contributed by atoms with Crippen LogP contribution in [0.4, 0.5) is 13.2 Å². The van der Waals surface area contributed by atoms with Gasteiger partial charge in [-0.3, -0.25) is 4.79 Å². The first-order valence-corrected chi connectivity index (χ1v) is 6.97. The molecule has 6 heteroatoms. The lowest BCUT2D eigenvalue weighted by atomic mass is 10.1. The van der Waals surface area contributed by atoms with E-state index in [2.05, 4.69) is 0 Å². The highest BCUT2D eigenvalue weighted by Gasteiger charge is 2.30. The molecule has 0 radical (unpaired) electrons. The molecule has 0 atom stereocenters. The zero-order valence-corrected chi connectivity index (χ0v) is 13.1. The lowest BCUT2D eigenvalue weighted by Crippen LogP contribution is -2.04. The molecule has 0 saturated heterocycles. The van der Waals surface area contributed by atoms with Crippen LogP contribution in [-0.4, -0.2) is 20.0 Å². The maximum absolute atomic E-state index is 12.7. The number of methoxy groups -OCH3 is 2. The molecule has 2 aromatic rings. The summed E-state index contributed by atoms with van der Waals surface area (Å²) in [6, 6.07) is 9.45. The van der Waals surface area contributed by atoms with Crippen LogP contribution in [0.25, 0.3) is 6.08 Å². The van der Waals surface area contributed by atoms with Gasteiger partial charge in [0.25, 0.3) is 0 Å². The molecule has 2 rings (SSSR count). The van der Waals surface area contributed by atoms with Crippen molar-refractivity contribution in [1.29, 1.82) is 0 Å². The van der Waals surface area contributed by atoms with Crippen molar-refractivity contribution in [2.24, 2.45) is 0 Å². The van der Waals surface area contributed by atoms with Gasteiger partial charge < -0.3 is 9.47 Å². The Hall–Kier alpha value is -2.76. The van der Waals surface area contributed by atoms with Gasteiger partial charge in [0.05, 0.1) is 25.3 Å². The molecule has 0 amide bonds. The van der Waals surface area contributed by atoms with Gasteiger partial charge in [-0.1, -0.05) is 18.2 Å². The molecule has 0 heterocycles. The number of ketones is 1. The summed E-state index contributed by atoms with van der Waals surface area (Å²) in [5.74, 6) is 0.477. The number of halogens is 3. The molecule has 24 heavy (non-hydrogen) atoms. The Morgan fingerprint density at radius 3 is 2.42 bits per heavy atom. The molecule has 0 aliphatic carbocycles. The van der Waals surface area contributed by atoms with E-state index < -0.39 is 11.7 Å². The van der Waals surface area contributed by atoms with Gasteiger partial charge in [0.2, 0.25) is 0 Å². The molecule has 2 aromatic carbocycles. The van der Waals surface area contributed by atoms with Gasteiger partial charge in [0.1, 0.15) is 11.5 Å². The average Bonchev–Trinajstić information content (AvgIpc) is 2.58. The predicted octanol–water partition coefficient (Wildman–Crippen LogP) is 4.62. The molecule has 0 unspecified atom stereocenters. The summed E-state index contributed by atoms with van der Waals surface area (Å²) in [7, 11) is 2.91. The first-order valence-electron chi connectivity index (χ1n) is 6.97. The van der Waals surface area contributed by atoms with Crippen LogP contribution >= 0.6 is 0 Å². The minimum Gasteiger partial charge on any atom is -0.497 e. The molecular weight excluding hydrogens is 321 g/mol. The Bertz CT molecular complexity index is 764. The Kier molecular flexibility index (Phi) is 5.28. The number of ether oxygens (including phenoxy) is 2. The number of carbonyl (C=O) groups is 1. The summed E-state index contributed by atoms with van der Waals surface area (Å²) in [5.41, 5.74) is -0.189. The van der Waals surface area contributed by atoms with E-state index >= 15 is 0 Å². The molecular formula is C18H15F3O3. The van der Waals surface area contributed by atoms with Crippen molar-refractivity contribution in [2.45, 2.75) is 6.18 Å². The number of hydrogen-bond donors (Lipinski definition) is 0. The van der Waals surface area contributed by atoms with Gasteiger partial charge in [-0.15, -0.1) is 0 Å². The van der Waals surface area contributed by atoms with Crippen molar-refractivity contribution >= 4 is 11.9 Å². The maximum Gasteiger partial charge on any atom is 0.416 e. The van der Waals surface area contributed by atoms with E-state index in [1.54, 1.807) is 12.1 Å². The van der Waals surface area contributed by atoms with Gasteiger partial charge in [-0.25, -0.2) is 0 Å². The van der Waals surface area contributed by atoms with Crippen molar-refractivity contribution in [3.63, 3.8) is 0 Å². The number of hydrogen-bond acceptors (Lipinski definition) is 3. The van der Waals surface area contributed by atoms with Crippen molar-refractivity contribution < 1.29 is 27.4 Å². The summed E-state index contributed by atoms with van der Waals surface area (Å²) in [6.45, 7) is 0. The van der Waals surface area contributed by atoms with Crippen molar-refractivity contribution in [3.8, 4) is 11.5 Å². The van der Waals surface area contributed by atoms with Crippen LogP contribution in [0, 0.1) is 0 Å². The highest BCUT2D eigenvalue weighted by atomic mass is 19.4. The highest BCUT2D eigenvalue weighted by Crippen LogP contribution is 2.30. The Morgan fingerprint density at radius 2 is 1.79 bits per heavy atom. The van der Waals surface area contributed by atoms with Crippen LogP contribution in [0.2, 0.25) is 0 Å². The monoisotopic (exact) mass is 336 g/mol. The lowest BCUT2D eigenvalue weighted by Gasteiger charge is -2.08. The Morgan fingerprint density at radius 1 is 1.04 bits per heavy atom. The minimum atomic E-state index is -4.42. The summed E-state index contributed by atoms with van der Waals surface area (Å²) in [5, 5.41) is 0. The van der Waals surface area contributed by atoms with Gasteiger partial charge in [0.15, 0.2) is 5.78 Å². The highest BCUT2D eigenvalue weighted by molar-refractivity contribution is 6.08. The first-order chi connectivity index (χ1) is 11.3. The molecule has 0 N–H and O–H groups in total. The first kappa shape index (κ1) is 17.6. The van der Waals surface area contributed by atoms with E-state index in [4.69, 9.17) is 9.47 Å². The molecule has 0 bridgehead atoms. The number of rotatable bonds is 5. The molecule has 0 saturated carbocycles. The second kappa shape index (κ2) is 7.21. The van der Waals surface area contributed by atoms with Crippen LogP contribution in [0.1, 0.15) is 21.5 Å². The summed E-state index contributed by atoms with van der Waals surface area (Å²) in [6.07, 6.45) is -1.88. The van der Waals surface area contributed by atoms with Crippen LogP contribution < -0.4 is 9.47 Å². The zero-order valence-electron chi connectivity index (χ0n) is 13.1. The third kappa shape index (κ3) is 4.16. The quantitative estimate of drug-likeness (QED) is 0.590. The molecule has 0 aromatic heterocycles. The Balaban J connectivity index is 2.25. The fraction of sp³-hybridized carbons (Fsp3) is 0.167. The van der Waals surface area contributed by atoms with Gasteiger partial charge >= 0.3 is 6.18 Å². The second-order valence-electron chi connectivity index (χ2n) is 4.89. The number of carbonyl (C=O) groups excluding carboxylic acids is 1. The van der Waals surface area contributed by atoms with Crippen molar-refractivity contribution in [2.75, 3.05) is 14.2 Å². The average molecular weight is 336 g/mol. The number of allylic oxidation sites excluding steroid dienone is 1. The van der Waals surface area contributed by atoms with Gasteiger partial charge in [0, 0.05) is 6.07 Å². The third-order valence-electron chi connectivity index (χ3n) is 3.32. The van der Waals surface area contributed by atoms with E-state index in [1.807, 2.05) is 0 Å². The molecule has 126 valence electrons. The second-order valence-corrected chi connectivity index (χ2v) is 4.89. The maximum atomic E-state index is 12.7. The summed E-state index contributed by atoms with van der Waals surface area (Å²) < 4.78 is 48.2. The van der Waals surface area contributed by atoms with Crippen LogP contribution in [-0.2, 0) is 6.18 Å². The van der Waals surface area contributed by atoms with E-state index in [1.165, 1.54) is 44.6 Å². The topological polar surface area (TPSA) is 35.5 Å². The van der Waals surface area contributed by atoms with Crippen molar-refractivity contribution in [3.05, 3.63) is 65.2 Å². The third-order valence-corrected chi connectivity index (χ3v) is 3.32.